The van der Waals surface area contributed by atoms with Crippen molar-refractivity contribution >= 4 is 33.4 Å². The molecule has 35 heavy (non-hydrogen) atoms. The molecular formula is C26H29N3O5S. The fourth-order valence-corrected chi connectivity index (χ4v) is 5.15. The SMILES string of the molecule is NS(=O)(=O)c1ccc(N2C(=O)CC(N(CCC3=CCCCC3)C(=O)Cc3ccccc3)C2=O)cc1. The molecular weight excluding hydrogens is 466 g/mol. The Morgan fingerprint density at radius 2 is 1.74 bits per heavy atom. The standard InChI is InChI=1S/C26H29N3O5S/c27-35(33,34)22-13-11-21(12-14-22)29-25(31)18-23(26(29)32)28(16-15-19-7-3-1-4-8-19)24(30)17-20-9-5-2-6-10-20/h2,5-7,9-14,23H,1,3-4,8,15-18H2,(H2,27,33,34). The maximum Gasteiger partial charge on any atom is 0.257 e. The Bertz CT molecular complexity index is 1240. The number of sulfonamides is 1. The van der Waals surface area contributed by atoms with Crippen LogP contribution in [0, 0.1) is 0 Å². The summed E-state index contributed by atoms with van der Waals surface area (Å²) < 4.78 is 23.1. The van der Waals surface area contributed by atoms with E-state index in [9.17, 15) is 22.8 Å². The molecule has 1 fully saturated rings. The fraction of sp³-hybridized carbons (Fsp3) is 0.346. The molecule has 2 aromatic carbocycles. The van der Waals surface area contributed by atoms with E-state index in [1.807, 2.05) is 30.3 Å². The van der Waals surface area contributed by atoms with Crippen LogP contribution in [0.4, 0.5) is 5.69 Å². The van der Waals surface area contributed by atoms with Gasteiger partial charge in [0.05, 0.1) is 23.4 Å². The van der Waals surface area contributed by atoms with Crippen molar-refractivity contribution in [3.63, 3.8) is 0 Å². The Kier molecular flexibility index (Phi) is 7.47. The molecule has 1 aliphatic heterocycles. The van der Waals surface area contributed by atoms with Gasteiger partial charge >= 0.3 is 0 Å². The van der Waals surface area contributed by atoms with Gasteiger partial charge < -0.3 is 4.90 Å². The van der Waals surface area contributed by atoms with Crippen LogP contribution in [0.15, 0.2) is 71.1 Å². The highest BCUT2D eigenvalue weighted by atomic mass is 32.2. The first kappa shape index (κ1) is 24.8. The van der Waals surface area contributed by atoms with E-state index < -0.39 is 27.9 Å². The lowest BCUT2D eigenvalue weighted by molar-refractivity contribution is -0.137. The molecule has 9 heteroatoms. The summed E-state index contributed by atoms with van der Waals surface area (Å²) in [7, 11) is -3.90. The lowest BCUT2D eigenvalue weighted by Gasteiger charge is -2.29. The van der Waals surface area contributed by atoms with Gasteiger partial charge in [0.25, 0.3) is 5.91 Å². The minimum Gasteiger partial charge on any atom is -0.329 e. The highest BCUT2D eigenvalue weighted by Crippen LogP contribution is 2.28. The molecule has 0 radical (unpaired) electrons. The van der Waals surface area contributed by atoms with Gasteiger partial charge in [-0.05, 0) is 61.9 Å². The van der Waals surface area contributed by atoms with Gasteiger partial charge in [0.15, 0.2) is 0 Å². The molecule has 3 amide bonds. The first-order chi connectivity index (χ1) is 16.7. The minimum absolute atomic E-state index is 0.114. The van der Waals surface area contributed by atoms with Crippen LogP contribution in [-0.4, -0.2) is 43.6 Å². The van der Waals surface area contributed by atoms with Crippen LogP contribution in [0.25, 0.3) is 0 Å². The summed E-state index contributed by atoms with van der Waals surface area (Å²) >= 11 is 0. The second-order valence-electron chi connectivity index (χ2n) is 8.93. The molecule has 1 saturated heterocycles. The zero-order valence-electron chi connectivity index (χ0n) is 19.4. The summed E-state index contributed by atoms with van der Waals surface area (Å²) in [4.78, 5) is 42.1. The van der Waals surface area contributed by atoms with E-state index in [1.165, 1.54) is 29.8 Å². The largest absolute Gasteiger partial charge is 0.329 e. The smallest absolute Gasteiger partial charge is 0.257 e. The lowest BCUT2D eigenvalue weighted by Crippen LogP contribution is -2.46. The molecule has 2 aromatic rings. The number of carbonyl (C=O) groups excluding carboxylic acids is 3. The van der Waals surface area contributed by atoms with Crippen molar-refractivity contribution in [2.24, 2.45) is 5.14 Å². The number of amides is 3. The predicted molar refractivity (Wildman–Crippen MR) is 132 cm³/mol. The third-order valence-electron chi connectivity index (χ3n) is 6.50. The van der Waals surface area contributed by atoms with Gasteiger partial charge in [0.1, 0.15) is 6.04 Å². The molecule has 184 valence electrons. The van der Waals surface area contributed by atoms with Crippen LogP contribution in [0.3, 0.4) is 0 Å². The normalized spacial score (nSPS) is 18.5. The van der Waals surface area contributed by atoms with Gasteiger partial charge in [-0.25, -0.2) is 18.5 Å². The Morgan fingerprint density at radius 1 is 1.03 bits per heavy atom. The van der Waals surface area contributed by atoms with Gasteiger partial charge in [-0.3, -0.25) is 14.4 Å². The number of benzene rings is 2. The molecule has 1 aliphatic carbocycles. The molecule has 1 heterocycles. The van der Waals surface area contributed by atoms with E-state index in [4.69, 9.17) is 5.14 Å². The van der Waals surface area contributed by atoms with Crippen molar-refractivity contribution in [2.75, 3.05) is 11.4 Å². The van der Waals surface area contributed by atoms with Crippen LogP contribution >= 0.6 is 0 Å². The lowest BCUT2D eigenvalue weighted by atomic mass is 9.96. The van der Waals surface area contributed by atoms with Crippen molar-refractivity contribution < 1.29 is 22.8 Å². The van der Waals surface area contributed by atoms with E-state index in [1.54, 1.807) is 4.90 Å². The average Bonchev–Trinajstić information content (AvgIpc) is 3.13. The molecule has 4 rings (SSSR count). The maximum absolute atomic E-state index is 13.4. The van der Waals surface area contributed by atoms with E-state index >= 15 is 0 Å². The van der Waals surface area contributed by atoms with E-state index in [2.05, 4.69) is 6.08 Å². The van der Waals surface area contributed by atoms with Crippen molar-refractivity contribution in [1.82, 2.24) is 4.90 Å². The number of nitrogens with two attached hydrogens (primary N) is 1. The van der Waals surface area contributed by atoms with Crippen LogP contribution < -0.4 is 10.0 Å². The Balaban J connectivity index is 1.56. The highest BCUT2D eigenvalue weighted by molar-refractivity contribution is 7.89. The number of rotatable bonds is 8. The molecule has 2 N–H and O–H groups in total. The number of primary sulfonamides is 1. The van der Waals surface area contributed by atoms with Crippen LogP contribution in [0.1, 0.15) is 44.1 Å². The zero-order valence-corrected chi connectivity index (χ0v) is 20.2. The third-order valence-corrected chi connectivity index (χ3v) is 7.43. The van der Waals surface area contributed by atoms with Gasteiger partial charge in [-0.2, -0.15) is 0 Å². The first-order valence-corrected chi connectivity index (χ1v) is 13.3. The number of anilines is 1. The molecule has 0 saturated carbocycles. The zero-order chi connectivity index (χ0) is 25.0. The van der Waals surface area contributed by atoms with E-state index in [0.717, 1.165) is 36.1 Å². The van der Waals surface area contributed by atoms with Crippen LogP contribution in [-0.2, 0) is 30.8 Å². The topological polar surface area (TPSA) is 118 Å². The number of hydrogen-bond acceptors (Lipinski definition) is 5. The van der Waals surface area contributed by atoms with Crippen molar-refractivity contribution in [2.45, 2.75) is 55.9 Å². The van der Waals surface area contributed by atoms with Crippen molar-refractivity contribution in [3.05, 3.63) is 71.8 Å². The number of carbonyl (C=O) groups is 3. The Morgan fingerprint density at radius 3 is 2.37 bits per heavy atom. The Labute approximate surface area is 205 Å². The monoisotopic (exact) mass is 495 g/mol. The molecule has 0 aromatic heterocycles. The number of nitrogens with zero attached hydrogens (tertiary/aromatic N) is 2. The van der Waals surface area contributed by atoms with E-state index in [0.29, 0.717) is 13.0 Å². The summed E-state index contributed by atoms with van der Waals surface area (Å²) in [6, 6.07) is 13.7. The summed E-state index contributed by atoms with van der Waals surface area (Å²) in [5.74, 6) is -1.12. The summed E-state index contributed by atoms with van der Waals surface area (Å²) in [6.45, 7) is 0.360. The average molecular weight is 496 g/mol. The summed E-state index contributed by atoms with van der Waals surface area (Å²) in [6.07, 6.45) is 7.20. The van der Waals surface area contributed by atoms with Crippen molar-refractivity contribution in [3.8, 4) is 0 Å². The molecule has 0 bridgehead atoms. The minimum atomic E-state index is -3.90. The highest BCUT2D eigenvalue weighted by Gasteiger charge is 2.44. The van der Waals surface area contributed by atoms with Gasteiger partial charge in [-0.1, -0.05) is 42.0 Å². The quantitative estimate of drug-likeness (QED) is 0.446. The molecule has 2 aliphatic rings. The first-order valence-electron chi connectivity index (χ1n) is 11.7. The predicted octanol–water partition coefficient (Wildman–Crippen LogP) is 2.93. The Hall–Kier alpha value is -3.30. The van der Waals surface area contributed by atoms with E-state index in [-0.39, 0.29) is 29.3 Å². The van der Waals surface area contributed by atoms with Crippen molar-refractivity contribution in [1.29, 1.82) is 0 Å². The molecule has 1 atom stereocenters. The summed E-state index contributed by atoms with van der Waals surface area (Å²) in [5, 5.41) is 5.14. The van der Waals surface area contributed by atoms with Crippen LogP contribution in [0.5, 0.6) is 0 Å². The van der Waals surface area contributed by atoms with Gasteiger partial charge in [-0.15, -0.1) is 0 Å². The number of hydrogen-bond donors (Lipinski definition) is 1. The molecule has 8 nitrogen and oxygen atoms in total. The fourth-order valence-electron chi connectivity index (χ4n) is 4.64. The summed E-state index contributed by atoms with van der Waals surface area (Å²) in [5.41, 5.74) is 2.37. The number of allylic oxidation sites excluding steroid dienone is 1. The molecule has 1 unspecified atom stereocenters. The second kappa shape index (κ2) is 10.5. The number of imide groups is 1. The molecule has 0 spiro atoms. The van der Waals surface area contributed by atoms with Gasteiger partial charge in [0.2, 0.25) is 21.8 Å². The van der Waals surface area contributed by atoms with Gasteiger partial charge in [0, 0.05) is 6.54 Å². The maximum atomic E-state index is 13.4. The van der Waals surface area contributed by atoms with Crippen LogP contribution in [0.2, 0.25) is 0 Å². The third kappa shape index (κ3) is 5.86. The second-order valence-corrected chi connectivity index (χ2v) is 10.5.